The standard InChI is InChI=1S/C16H22N2O3/c1-13-5-2-3-6-14(13)16(21)18-9-4-8-17(11-12-18)10-7-15(19)20/h2-3,5-6H,4,7-12H2,1H3,(H,19,20). The normalized spacial score (nSPS) is 16.5. The lowest BCUT2D eigenvalue weighted by molar-refractivity contribution is -0.137. The van der Waals surface area contributed by atoms with Crippen molar-refractivity contribution < 1.29 is 14.7 Å². The maximum Gasteiger partial charge on any atom is 0.304 e. The number of carbonyl (C=O) groups is 2. The maximum atomic E-state index is 12.6. The van der Waals surface area contributed by atoms with Crippen molar-refractivity contribution in [2.24, 2.45) is 0 Å². The van der Waals surface area contributed by atoms with E-state index in [1.807, 2.05) is 36.1 Å². The zero-order valence-corrected chi connectivity index (χ0v) is 12.4. The van der Waals surface area contributed by atoms with E-state index in [-0.39, 0.29) is 12.3 Å². The maximum absolute atomic E-state index is 12.6. The van der Waals surface area contributed by atoms with Gasteiger partial charge in [0.25, 0.3) is 5.91 Å². The van der Waals surface area contributed by atoms with E-state index >= 15 is 0 Å². The minimum atomic E-state index is -0.771. The van der Waals surface area contributed by atoms with Gasteiger partial charge in [-0.25, -0.2) is 0 Å². The molecule has 0 saturated carbocycles. The van der Waals surface area contributed by atoms with Gasteiger partial charge in [0.2, 0.25) is 0 Å². The monoisotopic (exact) mass is 290 g/mol. The van der Waals surface area contributed by atoms with Gasteiger partial charge in [-0.2, -0.15) is 0 Å². The second-order valence-corrected chi connectivity index (χ2v) is 5.45. The van der Waals surface area contributed by atoms with Gasteiger partial charge in [-0.3, -0.25) is 9.59 Å². The van der Waals surface area contributed by atoms with Crippen LogP contribution in [0, 0.1) is 6.92 Å². The minimum Gasteiger partial charge on any atom is -0.481 e. The van der Waals surface area contributed by atoms with Gasteiger partial charge >= 0.3 is 5.97 Å². The summed E-state index contributed by atoms with van der Waals surface area (Å²) in [7, 11) is 0. The molecule has 114 valence electrons. The molecule has 1 fully saturated rings. The number of hydrogen-bond donors (Lipinski definition) is 1. The van der Waals surface area contributed by atoms with Gasteiger partial charge in [0.05, 0.1) is 6.42 Å². The number of hydrogen-bond acceptors (Lipinski definition) is 3. The van der Waals surface area contributed by atoms with Crippen molar-refractivity contribution >= 4 is 11.9 Å². The second kappa shape index (κ2) is 7.22. The van der Waals surface area contributed by atoms with E-state index in [1.54, 1.807) is 0 Å². The Bertz CT molecular complexity index is 516. The number of benzene rings is 1. The van der Waals surface area contributed by atoms with E-state index in [1.165, 1.54) is 0 Å². The van der Waals surface area contributed by atoms with E-state index in [0.717, 1.165) is 37.2 Å². The lowest BCUT2D eigenvalue weighted by Gasteiger charge is -2.22. The summed E-state index contributed by atoms with van der Waals surface area (Å²) in [6, 6.07) is 7.63. The highest BCUT2D eigenvalue weighted by Gasteiger charge is 2.21. The van der Waals surface area contributed by atoms with Crippen LogP contribution in [0.1, 0.15) is 28.8 Å². The smallest absolute Gasteiger partial charge is 0.304 e. The van der Waals surface area contributed by atoms with E-state index in [0.29, 0.717) is 13.1 Å². The Kier molecular flexibility index (Phi) is 5.33. The number of aryl methyl sites for hydroxylation is 1. The lowest BCUT2D eigenvalue weighted by Crippen LogP contribution is -2.36. The predicted octanol–water partition coefficient (Wildman–Crippen LogP) is 1.62. The Morgan fingerprint density at radius 3 is 2.62 bits per heavy atom. The van der Waals surface area contributed by atoms with Crippen LogP contribution in [0.25, 0.3) is 0 Å². The van der Waals surface area contributed by atoms with Gasteiger partial charge in [-0.1, -0.05) is 18.2 Å². The van der Waals surface area contributed by atoms with Crippen molar-refractivity contribution in [2.45, 2.75) is 19.8 Å². The van der Waals surface area contributed by atoms with Crippen molar-refractivity contribution in [1.29, 1.82) is 0 Å². The number of carbonyl (C=O) groups excluding carboxylic acids is 1. The van der Waals surface area contributed by atoms with Crippen LogP contribution in [0.3, 0.4) is 0 Å². The molecule has 0 aliphatic carbocycles. The predicted molar refractivity (Wildman–Crippen MR) is 80.4 cm³/mol. The molecular weight excluding hydrogens is 268 g/mol. The molecule has 0 unspecified atom stereocenters. The van der Waals surface area contributed by atoms with Crippen LogP contribution < -0.4 is 0 Å². The molecule has 0 atom stereocenters. The fraction of sp³-hybridized carbons (Fsp3) is 0.500. The Balaban J connectivity index is 1.95. The van der Waals surface area contributed by atoms with Gasteiger partial charge < -0.3 is 14.9 Å². The number of nitrogens with zero attached hydrogens (tertiary/aromatic N) is 2. The van der Waals surface area contributed by atoms with Crippen molar-refractivity contribution in [1.82, 2.24) is 9.80 Å². The molecule has 1 aliphatic rings. The van der Waals surface area contributed by atoms with Gasteiger partial charge in [0, 0.05) is 31.7 Å². The molecule has 0 bridgehead atoms. The Morgan fingerprint density at radius 1 is 1.14 bits per heavy atom. The van der Waals surface area contributed by atoms with Gasteiger partial charge in [0.1, 0.15) is 0 Å². The average molecular weight is 290 g/mol. The van der Waals surface area contributed by atoms with Crippen molar-refractivity contribution in [3.63, 3.8) is 0 Å². The molecule has 5 heteroatoms. The number of rotatable bonds is 4. The van der Waals surface area contributed by atoms with Crippen molar-refractivity contribution in [2.75, 3.05) is 32.7 Å². The van der Waals surface area contributed by atoms with E-state index in [9.17, 15) is 9.59 Å². The van der Waals surface area contributed by atoms with E-state index in [4.69, 9.17) is 5.11 Å². The first kappa shape index (κ1) is 15.5. The van der Waals surface area contributed by atoms with Gasteiger partial charge in [0.15, 0.2) is 0 Å². The Morgan fingerprint density at radius 2 is 1.90 bits per heavy atom. The zero-order chi connectivity index (χ0) is 15.2. The summed E-state index contributed by atoms with van der Waals surface area (Å²) < 4.78 is 0. The molecular formula is C16H22N2O3. The van der Waals surface area contributed by atoms with Crippen LogP contribution in [0.2, 0.25) is 0 Å². The number of amides is 1. The molecule has 0 radical (unpaired) electrons. The third kappa shape index (κ3) is 4.29. The quantitative estimate of drug-likeness (QED) is 0.915. The molecule has 5 nitrogen and oxygen atoms in total. The first-order chi connectivity index (χ1) is 10.1. The highest BCUT2D eigenvalue weighted by atomic mass is 16.4. The third-order valence-electron chi connectivity index (χ3n) is 3.89. The second-order valence-electron chi connectivity index (χ2n) is 5.45. The molecule has 1 aliphatic heterocycles. The largest absolute Gasteiger partial charge is 0.481 e. The Labute approximate surface area is 125 Å². The van der Waals surface area contributed by atoms with Crippen LogP contribution in [0.15, 0.2) is 24.3 Å². The van der Waals surface area contributed by atoms with E-state index in [2.05, 4.69) is 4.90 Å². The highest BCUT2D eigenvalue weighted by Crippen LogP contribution is 2.13. The van der Waals surface area contributed by atoms with Crippen LogP contribution in [-0.2, 0) is 4.79 Å². The van der Waals surface area contributed by atoms with Crippen molar-refractivity contribution in [3.05, 3.63) is 35.4 Å². The molecule has 0 aromatic heterocycles. The fourth-order valence-corrected chi connectivity index (χ4v) is 2.63. The molecule has 1 heterocycles. The summed E-state index contributed by atoms with van der Waals surface area (Å²) in [6.45, 7) is 5.49. The molecule has 1 amide bonds. The summed E-state index contributed by atoms with van der Waals surface area (Å²) in [4.78, 5) is 27.2. The van der Waals surface area contributed by atoms with Gasteiger partial charge in [-0.05, 0) is 31.5 Å². The summed E-state index contributed by atoms with van der Waals surface area (Å²) >= 11 is 0. The molecule has 1 aromatic carbocycles. The average Bonchev–Trinajstić information content (AvgIpc) is 2.70. The zero-order valence-electron chi connectivity index (χ0n) is 12.4. The molecule has 0 spiro atoms. The number of carboxylic acid groups (broad SMARTS) is 1. The van der Waals surface area contributed by atoms with Gasteiger partial charge in [-0.15, -0.1) is 0 Å². The lowest BCUT2D eigenvalue weighted by atomic mass is 10.1. The Hall–Kier alpha value is -1.88. The molecule has 1 saturated heterocycles. The van der Waals surface area contributed by atoms with Crippen LogP contribution in [0.4, 0.5) is 0 Å². The van der Waals surface area contributed by atoms with E-state index < -0.39 is 5.97 Å². The highest BCUT2D eigenvalue weighted by molar-refractivity contribution is 5.95. The summed E-state index contributed by atoms with van der Waals surface area (Å²) in [5, 5.41) is 8.74. The number of carboxylic acids is 1. The first-order valence-corrected chi connectivity index (χ1v) is 7.37. The molecule has 21 heavy (non-hydrogen) atoms. The topological polar surface area (TPSA) is 60.9 Å². The fourth-order valence-electron chi connectivity index (χ4n) is 2.63. The summed E-state index contributed by atoms with van der Waals surface area (Å²) in [5.41, 5.74) is 1.76. The first-order valence-electron chi connectivity index (χ1n) is 7.37. The third-order valence-corrected chi connectivity index (χ3v) is 3.89. The SMILES string of the molecule is Cc1ccccc1C(=O)N1CCCN(CCC(=O)O)CC1. The van der Waals surface area contributed by atoms with Crippen LogP contribution in [-0.4, -0.2) is 59.5 Å². The van der Waals surface area contributed by atoms with Crippen LogP contribution in [0.5, 0.6) is 0 Å². The molecule has 2 rings (SSSR count). The summed E-state index contributed by atoms with van der Waals surface area (Å²) in [5.74, 6) is -0.694. The number of aliphatic carboxylic acids is 1. The van der Waals surface area contributed by atoms with Crippen LogP contribution >= 0.6 is 0 Å². The molecule has 1 N–H and O–H groups in total. The molecule has 1 aromatic rings. The minimum absolute atomic E-state index is 0.0770. The van der Waals surface area contributed by atoms with Crippen molar-refractivity contribution in [3.8, 4) is 0 Å². The summed E-state index contributed by atoms with van der Waals surface area (Å²) in [6.07, 6.45) is 1.04.